The van der Waals surface area contributed by atoms with Crippen molar-refractivity contribution in [3.05, 3.63) is 33.8 Å². The molecule has 16 heavy (non-hydrogen) atoms. The van der Waals surface area contributed by atoms with Crippen LogP contribution in [0.25, 0.3) is 0 Å². The summed E-state index contributed by atoms with van der Waals surface area (Å²) in [5.74, 6) is 0. The van der Waals surface area contributed by atoms with Gasteiger partial charge in [-0.25, -0.2) is 0 Å². The van der Waals surface area contributed by atoms with E-state index in [0.717, 1.165) is 21.6 Å². The van der Waals surface area contributed by atoms with Crippen molar-refractivity contribution < 1.29 is 5.11 Å². The van der Waals surface area contributed by atoms with E-state index in [9.17, 15) is 5.11 Å². The topological polar surface area (TPSA) is 55.9 Å². The first kappa shape index (κ1) is 11.3. The molecule has 0 bridgehead atoms. The van der Waals surface area contributed by atoms with E-state index in [2.05, 4.69) is 26.1 Å². The molecule has 1 unspecified atom stereocenters. The second kappa shape index (κ2) is 4.03. The molecule has 0 saturated carbocycles. The minimum absolute atomic E-state index is 0.725. The Morgan fingerprint density at radius 1 is 1.38 bits per heavy atom. The molecule has 0 fully saturated rings. The Morgan fingerprint density at radius 2 is 2.06 bits per heavy atom. The third kappa shape index (κ3) is 1.78. The number of aryl methyl sites for hydroxylation is 3. The van der Waals surface area contributed by atoms with Crippen LogP contribution in [-0.2, 0) is 14.1 Å². The highest BCUT2D eigenvalue weighted by atomic mass is 79.9. The van der Waals surface area contributed by atoms with Crippen LogP contribution in [0.5, 0.6) is 0 Å². The zero-order valence-electron chi connectivity index (χ0n) is 9.35. The summed E-state index contributed by atoms with van der Waals surface area (Å²) >= 11 is 3.37. The average molecular weight is 285 g/mol. The number of nitrogens with zero attached hydrogens (tertiary/aromatic N) is 4. The molecule has 6 heteroatoms. The first-order valence-electron chi connectivity index (χ1n) is 4.86. The van der Waals surface area contributed by atoms with Crippen molar-refractivity contribution in [1.82, 2.24) is 19.6 Å². The summed E-state index contributed by atoms with van der Waals surface area (Å²) in [5.41, 5.74) is 2.36. The second-order valence-corrected chi connectivity index (χ2v) is 4.59. The standard InChI is InChI=1S/C10H13BrN4O/c1-6-4-8(14(2)13-6)10(16)9-7(11)5-12-15(9)3/h4-5,10,16H,1-3H3. The SMILES string of the molecule is Cc1cc(C(O)c2c(Br)cnn2C)n(C)n1. The van der Waals surface area contributed by atoms with Crippen LogP contribution in [0.15, 0.2) is 16.7 Å². The summed E-state index contributed by atoms with van der Waals surface area (Å²) in [6.07, 6.45) is 0.940. The van der Waals surface area contributed by atoms with Gasteiger partial charge in [0.1, 0.15) is 6.10 Å². The normalized spacial score (nSPS) is 13.1. The lowest BCUT2D eigenvalue weighted by Crippen LogP contribution is -2.11. The van der Waals surface area contributed by atoms with Gasteiger partial charge in [0.15, 0.2) is 0 Å². The Morgan fingerprint density at radius 3 is 2.50 bits per heavy atom. The summed E-state index contributed by atoms with van der Waals surface area (Å²) < 4.78 is 4.12. The molecule has 0 aromatic carbocycles. The van der Waals surface area contributed by atoms with Crippen LogP contribution in [-0.4, -0.2) is 24.7 Å². The van der Waals surface area contributed by atoms with Crippen molar-refractivity contribution in [2.75, 3.05) is 0 Å². The molecule has 5 nitrogen and oxygen atoms in total. The quantitative estimate of drug-likeness (QED) is 0.905. The number of hydrogen-bond acceptors (Lipinski definition) is 3. The minimum atomic E-state index is -0.729. The van der Waals surface area contributed by atoms with Gasteiger partial charge in [-0.15, -0.1) is 0 Å². The van der Waals surface area contributed by atoms with Crippen LogP contribution in [0.3, 0.4) is 0 Å². The van der Waals surface area contributed by atoms with Gasteiger partial charge in [0.25, 0.3) is 0 Å². The lowest BCUT2D eigenvalue weighted by atomic mass is 10.2. The summed E-state index contributed by atoms with van der Waals surface area (Å²) in [5, 5.41) is 18.6. The summed E-state index contributed by atoms with van der Waals surface area (Å²) in [7, 11) is 3.61. The molecule has 0 aliphatic rings. The highest BCUT2D eigenvalue weighted by Gasteiger charge is 2.21. The molecule has 1 atom stereocenters. The monoisotopic (exact) mass is 284 g/mol. The molecule has 0 saturated heterocycles. The number of halogens is 1. The van der Waals surface area contributed by atoms with Crippen LogP contribution in [0, 0.1) is 6.92 Å². The number of aliphatic hydroxyl groups excluding tert-OH is 1. The lowest BCUT2D eigenvalue weighted by Gasteiger charge is -2.12. The van der Waals surface area contributed by atoms with Gasteiger partial charge >= 0.3 is 0 Å². The van der Waals surface area contributed by atoms with E-state index in [1.54, 1.807) is 22.6 Å². The molecule has 86 valence electrons. The van der Waals surface area contributed by atoms with Crippen molar-refractivity contribution in [2.45, 2.75) is 13.0 Å². The molecule has 2 aromatic heterocycles. The van der Waals surface area contributed by atoms with E-state index in [1.165, 1.54) is 0 Å². The van der Waals surface area contributed by atoms with Crippen molar-refractivity contribution in [3.8, 4) is 0 Å². The van der Waals surface area contributed by atoms with E-state index in [-0.39, 0.29) is 0 Å². The van der Waals surface area contributed by atoms with Crippen molar-refractivity contribution in [1.29, 1.82) is 0 Å². The van der Waals surface area contributed by atoms with E-state index in [0.29, 0.717) is 0 Å². The van der Waals surface area contributed by atoms with E-state index in [4.69, 9.17) is 0 Å². The van der Waals surface area contributed by atoms with Crippen molar-refractivity contribution >= 4 is 15.9 Å². The maximum atomic E-state index is 10.3. The Labute approximate surface area is 102 Å². The van der Waals surface area contributed by atoms with E-state index < -0.39 is 6.10 Å². The van der Waals surface area contributed by atoms with E-state index >= 15 is 0 Å². The summed E-state index contributed by atoms with van der Waals surface area (Å²) in [6.45, 7) is 1.90. The largest absolute Gasteiger partial charge is 0.380 e. The molecule has 2 rings (SSSR count). The van der Waals surface area contributed by atoms with Gasteiger partial charge in [-0.3, -0.25) is 9.36 Å². The number of aliphatic hydroxyl groups is 1. The predicted molar refractivity (Wildman–Crippen MR) is 62.9 cm³/mol. The highest BCUT2D eigenvalue weighted by molar-refractivity contribution is 9.10. The Kier molecular flexibility index (Phi) is 2.86. The minimum Gasteiger partial charge on any atom is -0.380 e. The van der Waals surface area contributed by atoms with Crippen LogP contribution in [0.1, 0.15) is 23.2 Å². The molecule has 0 amide bonds. The zero-order valence-corrected chi connectivity index (χ0v) is 10.9. The number of hydrogen-bond donors (Lipinski definition) is 1. The maximum absolute atomic E-state index is 10.3. The van der Waals surface area contributed by atoms with Gasteiger partial charge in [-0.1, -0.05) is 0 Å². The van der Waals surface area contributed by atoms with Gasteiger partial charge in [-0.2, -0.15) is 10.2 Å². The molecule has 2 aromatic rings. The fourth-order valence-corrected chi connectivity index (χ4v) is 2.32. The molecule has 2 heterocycles. The average Bonchev–Trinajstić information content (AvgIpc) is 2.70. The Balaban J connectivity index is 2.46. The molecule has 0 spiro atoms. The summed E-state index contributed by atoms with van der Waals surface area (Å²) in [4.78, 5) is 0. The fourth-order valence-electron chi connectivity index (χ4n) is 1.75. The number of aromatic nitrogens is 4. The molecule has 1 N–H and O–H groups in total. The number of rotatable bonds is 2. The maximum Gasteiger partial charge on any atom is 0.138 e. The van der Waals surface area contributed by atoms with Gasteiger partial charge < -0.3 is 5.11 Å². The van der Waals surface area contributed by atoms with Gasteiger partial charge in [0.05, 0.1) is 27.8 Å². The highest BCUT2D eigenvalue weighted by Crippen LogP contribution is 2.27. The molecular formula is C10H13BrN4O. The fraction of sp³-hybridized carbons (Fsp3) is 0.400. The van der Waals surface area contributed by atoms with Gasteiger partial charge in [-0.05, 0) is 28.9 Å². The van der Waals surface area contributed by atoms with Gasteiger partial charge in [0.2, 0.25) is 0 Å². The van der Waals surface area contributed by atoms with Crippen LogP contribution in [0.4, 0.5) is 0 Å². The van der Waals surface area contributed by atoms with Gasteiger partial charge in [0, 0.05) is 14.1 Å². The Hall–Kier alpha value is -1.14. The summed E-state index contributed by atoms with van der Waals surface area (Å²) in [6, 6.07) is 1.87. The Bertz CT molecular complexity index is 497. The van der Waals surface area contributed by atoms with Crippen molar-refractivity contribution in [3.63, 3.8) is 0 Å². The molecular weight excluding hydrogens is 272 g/mol. The third-order valence-electron chi connectivity index (χ3n) is 2.51. The van der Waals surface area contributed by atoms with Crippen LogP contribution >= 0.6 is 15.9 Å². The first-order chi connectivity index (χ1) is 7.50. The second-order valence-electron chi connectivity index (χ2n) is 3.74. The lowest BCUT2D eigenvalue weighted by molar-refractivity contribution is 0.199. The third-order valence-corrected chi connectivity index (χ3v) is 3.13. The van der Waals surface area contributed by atoms with E-state index in [1.807, 2.05) is 20.0 Å². The van der Waals surface area contributed by atoms with Crippen LogP contribution in [0.2, 0.25) is 0 Å². The van der Waals surface area contributed by atoms with Crippen LogP contribution < -0.4 is 0 Å². The molecule has 0 radical (unpaired) electrons. The zero-order chi connectivity index (χ0) is 11.9. The molecule has 0 aliphatic heterocycles. The first-order valence-corrected chi connectivity index (χ1v) is 5.66. The predicted octanol–water partition coefficient (Wildman–Crippen LogP) is 1.31. The van der Waals surface area contributed by atoms with Crippen molar-refractivity contribution in [2.24, 2.45) is 14.1 Å². The molecule has 0 aliphatic carbocycles. The smallest absolute Gasteiger partial charge is 0.138 e.